The number of aromatic amines is 1. The zero-order valence-corrected chi connectivity index (χ0v) is 16.0. The minimum Gasteiger partial charge on any atom is -0.499 e. The molecule has 1 aliphatic heterocycles. The van der Waals surface area contributed by atoms with Gasteiger partial charge in [-0.05, 0) is 29.9 Å². The van der Waals surface area contributed by atoms with Gasteiger partial charge in [-0.15, -0.1) is 0 Å². The summed E-state index contributed by atoms with van der Waals surface area (Å²) in [6, 6.07) is 7.32. The Balaban J connectivity index is 1.82. The number of aromatic nitrogens is 3. The largest absolute Gasteiger partial charge is 0.499 e. The van der Waals surface area contributed by atoms with Crippen LogP contribution in [-0.4, -0.2) is 25.6 Å². The second-order valence-corrected chi connectivity index (χ2v) is 7.50. The highest BCUT2D eigenvalue weighted by molar-refractivity contribution is 7.11. The number of aromatic hydroxyl groups is 1. The Morgan fingerprint density at radius 3 is 2.93 bits per heavy atom. The van der Waals surface area contributed by atoms with E-state index in [1.807, 2.05) is 35.1 Å². The molecule has 8 nitrogen and oxygen atoms in total. The fourth-order valence-electron chi connectivity index (χ4n) is 3.26. The molecule has 0 unspecified atom stereocenters. The lowest BCUT2D eigenvalue weighted by Gasteiger charge is -2.17. The molecule has 2 aromatic heterocycles. The van der Waals surface area contributed by atoms with Gasteiger partial charge in [0.15, 0.2) is 5.06 Å². The van der Waals surface area contributed by atoms with Crippen LogP contribution in [0.25, 0.3) is 0 Å². The van der Waals surface area contributed by atoms with Crippen molar-refractivity contribution >= 4 is 28.4 Å². The quantitative estimate of drug-likeness (QED) is 0.627. The van der Waals surface area contributed by atoms with Gasteiger partial charge in [0.05, 0.1) is 29.3 Å². The van der Waals surface area contributed by atoms with E-state index in [0.717, 1.165) is 24.2 Å². The van der Waals surface area contributed by atoms with Crippen molar-refractivity contribution in [1.82, 2.24) is 14.8 Å². The minimum absolute atomic E-state index is 0.0362. The zero-order chi connectivity index (χ0) is 19.7. The Hall–Kier alpha value is -3.20. The molecule has 144 valence electrons. The summed E-state index contributed by atoms with van der Waals surface area (Å²) in [4.78, 5) is 30.1. The molecule has 9 heteroatoms. The van der Waals surface area contributed by atoms with Crippen LogP contribution in [0.2, 0.25) is 0 Å². The molecule has 3 heterocycles. The number of hydrogen-bond donors (Lipinski definition) is 3. The van der Waals surface area contributed by atoms with Gasteiger partial charge >= 0.3 is 4.87 Å². The fraction of sp³-hybridized carbons (Fsp3) is 0.263. The molecule has 1 aliphatic rings. The number of para-hydroxylation sites is 2. The minimum atomic E-state index is -0.639. The third kappa shape index (κ3) is 3.48. The van der Waals surface area contributed by atoms with Crippen molar-refractivity contribution < 1.29 is 5.11 Å². The number of benzene rings is 1. The number of aliphatic imine (C=N–C) groups is 1. The van der Waals surface area contributed by atoms with Crippen LogP contribution in [0.5, 0.6) is 5.06 Å². The van der Waals surface area contributed by atoms with Crippen LogP contribution in [0.4, 0.5) is 11.4 Å². The molecular formula is C19H19N5O3S. The van der Waals surface area contributed by atoms with Crippen molar-refractivity contribution in [2.45, 2.75) is 32.4 Å². The first-order chi connectivity index (χ1) is 13.5. The number of nitrogens with zero attached hydrogens (tertiary/aromatic N) is 3. The maximum atomic E-state index is 12.4. The van der Waals surface area contributed by atoms with Gasteiger partial charge in [-0.3, -0.25) is 24.2 Å². The van der Waals surface area contributed by atoms with E-state index < -0.39 is 10.4 Å². The van der Waals surface area contributed by atoms with E-state index in [4.69, 9.17) is 0 Å². The number of nitrogens with one attached hydrogen (secondary N) is 2. The van der Waals surface area contributed by atoms with E-state index in [-0.39, 0.29) is 16.7 Å². The van der Waals surface area contributed by atoms with Crippen LogP contribution in [0.15, 0.2) is 51.2 Å². The topological polar surface area (TPSA) is 112 Å². The van der Waals surface area contributed by atoms with Crippen LogP contribution in [-0.2, 0) is 6.54 Å². The van der Waals surface area contributed by atoms with Gasteiger partial charge in [0, 0.05) is 24.7 Å². The Morgan fingerprint density at radius 1 is 1.32 bits per heavy atom. The lowest BCUT2D eigenvalue weighted by atomic mass is 10.0. The summed E-state index contributed by atoms with van der Waals surface area (Å²) in [6.07, 6.45) is 5.10. The molecule has 28 heavy (non-hydrogen) atoms. The second kappa shape index (κ2) is 7.43. The average molecular weight is 397 g/mol. The Morgan fingerprint density at radius 2 is 2.14 bits per heavy atom. The third-order valence-corrected chi connectivity index (χ3v) is 5.21. The van der Waals surface area contributed by atoms with Gasteiger partial charge in [-0.25, -0.2) is 0 Å². The molecule has 4 rings (SSSR count). The van der Waals surface area contributed by atoms with Crippen molar-refractivity contribution in [2.24, 2.45) is 4.99 Å². The molecule has 0 spiro atoms. The van der Waals surface area contributed by atoms with Crippen molar-refractivity contribution in [3.63, 3.8) is 0 Å². The molecule has 0 saturated carbocycles. The monoisotopic (exact) mass is 397 g/mol. The molecule has 0 amide bonds. The summed E-state index contributed by atoms with van der Waals surface area (Å²) in [5, 5.41) is 17.8. The molecule has 0 radical (unpaired) electrons. The Labute approximate surface area is 164 Å². The summed E-state index contributed by atoms with van der Waals surface area (Å²) in [5.74, 6) is 0. The van der Waals surface area contributed by atoms with Gasteiger partial charge in [-0.1, -0.05) is 19.1 Å². The Bertz CT molecular complexity index is 1160. The summed E-state index contributed by atoms with van der Waals surface area (Å²) >= 11 is 0.589. The lowest BCUT2D eigenvalue weighted by molar-refractivity contribution is 0.487. The predicted molar refractivity (Wildman–Crippen MR) is 109 cm³/mol. The molecule has 3 aromatic rings. The standard InChI is InChI=1S/C19H19N5O3S/c1-2-7-24-10-11(9-20-24)14-8-15(16-17(25)23-19(27)28-18(16)26)22-13-6-4-3-5-12(13)21-14/h3-6,9-10,14,21,26H,2,7-8H2,1H3,(H,23,25,27)/t14-/m1/s1. The van der Waals surface area contributed by atoms with Gasteiger partial charge in [-0.2, -0.15) is 5.10 Å². The summed E-state index contributed by atoms with van der Waals surface area (Å²) in [5.41, 5.74) is 2.26. The normalized spacial score (nSPS) is 16.0. The van der Waals surface area contributed by atoms with Crippen LogP contribution in [0.3, 0.4) is 0 Å². The molecular weight excluding hydrogens is 378 g/mol. The first kappa shape index (κ1) is 18.2. The van der Waals surface area contributed by atoms with Crippen LogP contribution >= 0.6 is 11.3 Å². The summed E-state index contributed by atoms with van der Waals surface area (Å²) < 4.78 is 1.88. The third-order valence-electron chi connectivity index (χ3n) is 4.53. The van der Waals surface area contributed by atoms with Gasteiger partial charge in [0.1, 0.15) is 5.56 Å². The van der Waals surface area contributed by atoms with E-state index in [9.17, 15) is 14.7 Å². The molecule has 0 aliphatic carbocycles. The number of H-pyrrole nitrogens is 1. The van der Waals surface area contributed by atoms with E-state index in [0.29, 0.717) is 29.2 Å². The fourth-order valence-corrected chi connectivity index (χ4v) is 3.89. The van der Waals surface area contributed by atoms with Crippen molar-refractivity contribution in [3.8, 4) is 5.06 Å². The molecule has 1 atom stereocenters. The van der Waals surface area contributed by atoms with Gasteiger partial charge in [0.25, 0.3) is 5.56 Å². The zero-order valence-electron chi connectivity index (χ0n) is 15.2. The predicted octanol–water partition coefficient (Wildman–Crippen LogP) is 2.79. The first-order valence-electron chi connectivity index (χ1n) is 8.97. The SMILES string of the molecule is CCCn1cc([C@H]2CC(c3c(O)sc(=O)[nH]c3=O)=Nc3ccccc3N2)cn1. The number of hydrogen-bond acceptors (Lipinski definition) is 7. The smallest absolute Gasteiger partial charge is 0.310 e. The van der Waals surface area contributed by atoms with Crippen LogP contribution in [0.1, 0.15) is 36.9 Å². The Kier molecular flexibility index (Phi) is 4.82. The van der Waals surface area contributed by atoms with Crippen molar-refractivity contribution in [1.29, 1.82) is 0 Å². The first-order valence-corrected chi connectivity index (χ1v) is 9.79. The number of anilines is 1. The van der Waals surface area contributed by atoms with Crippen LogP contribution in [0, 0.1) is 0 Å². The van der Waals surface area contributed by atoms with E-state index in [1.165, 1.54) is 0 Å². The highest BCUT2D eigenvalue weighted by Gasteiger charge is 2.25. The average Bonchev–Trinajstić information content (AvgIpc) is 3.02. The van der Waals surface area contributed by atoms with E-state index in [1.54, 1.807) is 6.20 Å². The maximum absolute atomic E-state index is 12.4. The van der Waals surface area contributed by atoms with Gasteiger partial charge in [0.2, 0.25) is 0 Å². The lowest BCUT2D eigenvalue weighted by Crippen LogP contribution is -2.25. The second-order valence-electron chi connectivity index (χ2n) is 6.54. The van der Waals surface area contributed by atoms with Gasteiger partial charge < -0.3 is 10.4 Å². The molecule has 1 aromatic carbocycles. The highest BCUT2D eigenvalue weighted by atomic mass is 32.1. The summed E-state index contributed by atoms with van der Waals surface area (Å²) in [7, 11) is 0. The number of rotatable bonds is 4. The van der Waals surface area contributed by atoms with Crippen molar-refractivity contribution in [2.75, 3.05) is 5.32 Å². The molecule has 0 saturated heterocycles. The number of aryl methyl sites for hydroxylation is 1. The molecule has 0 fully saturated rings. The van der Waals surface area contributed by atoms with Crippen LogP contribution < -0.4 is 15.7 Å². The highest BCUT2D eigenvalue weighted by Crippen LogP contribution is 2.36. The molecule has 0 bridgehead atoms. The van der Waals surface area contributed by atoms with E-state index >= 15 is 0 Å². The molecule has 3 N–H and O–H groups in total. The maximum Gasteiger partial charge on any atom is 0.310 e. The number of fused-ring (bicyclic) bond motifs is 1. The van der Waals surface area contributed by atoms with Crippen molar-refractivity contribution in [3.05, 3.63) is 67.8 Å². The van der Waals surface area contributed by atoms with E-state index in [2.05, 4.69) is 27.3 Å². The summed E-state index contributed by atoms with van der Waals surface area (Å²) in [6.45, 7) is 2.90.